The lowest BCUT2D eigenvalue weighted by Crippen LogP contribution is -2.17. The Labute approximate surface area is 104 Å². The van der Waals surface area contributed by atoms with Gasteiger partial charge in [-0.1, -0.05) is 0 Å². The van der Waals surface area contributed by atoms with E-state index in [0.717, 1.165) is 0 Å². The molecule has 0 heterocycles. The summed E-state index contributed by atoms with van der Waals surface area (Å²) in [5.41, 5.74) is 6.48. The molecule has 0 aromatic heterocycles. The summed E-state index contributed by atoms with van der Waals surface area (Å²) in [4.78, 5) is 22.9. The van der Waals surface area contributed by atoms with Crippen LogP contribution in [0.3, 0.4) is 0 Å². The fraction of sp³-hybridized carbons (Fsp3) is 0.333. The second-order valence-electron chi connectivity index (χ2n) is 3.62. The van der Waals surface area contributed by atoms with Gasteiger partial charge in [0.15, 0.2) is 0 Å². The van der Waals surface area contributed by atoms with Gasteiger partial charge in [-0.05, 0) is 23.8 Å². The quantitative estimate of drug-likeness (QED) is 0.746. The Balaban J connectivity index is 3.28. The molecular formula is C12H15NO5. The average Bonchev–Trinajstić information content (AvgIpc) is 2.43. The van der Waals surface area contributed by atoms with Crippen LogP contribution in [-0.2, 0) is 9.47 Å². The van der Waals surface area contributed by atoms with Crippen LogP contribution in [0.5, 0.6) is 0 Å². The SMILES string of the molecule is COC(=O)c1cc(C(=O)OC)cc([C@H](N)CO)c1. The third kappa shape index (κ3) is 3.06. The lowest BCUT2D eigenvalue weighted by molar-refractivity contribution is 0.0599. The van der Waals surface area contributed by atoms with Gasteiger partial charge >= 0.3 is 11.9 Å². The van der Waals surface area contributed by atoms with E-state index in [1.54, 1.807) is 0 Å². The number of carbonyl (C=O) groups is 2. The molecule has 98 valence electrons. The number of hydrogen-bond donors (Lipinski definition) is 2. The van der Waals surface area contributed by atoms with E-state index in [9.17, 15) is 9.59 Å². The molecule has 0 bridgehead atoms. The van der Waals surface area contributed by atoms with Crippen molar-refractivity contribution >= 4 is 11.9 Å². The highest BCUT2D eigenvalue weighted by Gasteiger charge is 2.16. The Bertz CT molecular complexity index is 424. The number of hydrogen-bond acceptors (Lipinski definition) is 6. The van der Waals surface area contributed by atoms with E-state index >= 15 is 0 Å². The summed E-state index contributed by atoms with van der Waals surface area (Å²) in [6.45, 7) is -0.300. The minimum Gasteiger partial charge on any atom is -0.465 e. The highest BCUT2D eigenvalue weighted by atomic mass is 16.5. The fourth-order valence-corrected chi connectivity index (χ4v) is 1.44. The molecule has 0 aliphatic rings. The zero-order valence-electron chi connectivity index (χ0n) is 10.2. The Kier molecular flexibility index (Phi) is 4.82. The Morgan fingerprint density at radius 2 is 1.61 bits per heavy atom. The van der Waals surface area contributed by atoms with Crippen molar-refractivity contribution in [2.45, 2.75) is 6.04 Å². The van der Waals surface area contributed by atoms with E-state index in [4.69, 9.17) is 10.8 Å². The molecule has 1 aromatic carbocycles. The topological polar surface area (TPSA) is 98.9 Å². The van der Waals surface area contributed by atoms with Gasteiger partial charge in [-0.2, -0.15) is 0 Å². The fourth-order valence-electron chi connectivity index (χ4n) is 1.44. The maximum atomic E-state index is 11.5. The number of aliphatic hydroxyl groups excluding tert-OH is 1. The van der Waals surface area contributed by atoms with Crippen molar-refractivity contribution in [2.75, 3.05) is 20.8 Å². The van der Waals surface area contributed by atoms with Crippen molar-refractivity contribution in [3.8, 4) is 0 Å². The van der Waals surface area contributed by atoms with Gasteiger partial charge in [-0.3, -0.25) is 0 Å². The third-order valence-corrected chi connectivity index (χ3v) is 2.42. The molecule has 1 aromatic rings. The average molecular weight is 253 g/mol. The molecule has 0 spiro atoms. The van der Waals surface area contributed by atoms with E-state index in [-0.39, 0.29) is 17.7 Å². The second kappa shape index (κ2) is 6.13. The van der Waals surface area contributed by atoms with Crippen molar-refractivity contribution in [3.63, 3.8) is 0 Å². The Morgan fingerprint density at radius 1 is 1.17 bits per heavy atom. The molecule has 0 aliphatic heterocycles. The highest BCUT2D eigenvalue weighted by molar-refractivity contribution is 5.95. The van der Waals surface area contributed by atoms with Crippen molar-refractivity contribution in [1.82, 2.24) is 0 Å². The lowest BCUT2D eigenvalue weighted by atomic mass is 10.0. The number of rotatable bonds is 4. The first-order valence-corrected chi connectivity index (χ1v) is 5.21. The molecule has 0 amide bonds. The van der Waals surface area contributed by atoms with Crippen molar-refractivity contribution in [3.05, 3.63) is 34.9 Å². The van der Waals surface area contributed by atoms with E-state index < -0.39 is 18.0 Å². The number of methoxy groups -OCH3 is 2. The van der Waals surface area contributed by atoms with Gasteiger partial charge in [0.25, 0.3) is 0 Å². The highest BCUT2D eigenvalue weighted by Crippen LogP contribution is 2.17. The molecule has 0 saturated heterocycles. The van der Waals surface area contributed by atoms with Gasteiger partial charge in [0.1, 0.15) is 0 Å². The van der Waals surface area contributed by atoms with Crippen LogP contribution in [0.2, 0.25) is 0 Å². The summed E-state index contributed by atoms with van der Waals surface area (Å²) in [5.74, 6) is -1.18. The van der Waals surface area contributed by atoms with Crippen molar-refractivity contribution in [1.29, 1.82) is 0 Å². The maximum absolute atomic E-state index is 11.5. The normalized spacial score (nSPS) is 11.8. The van der Waals surface area contributed by atoms with Gasteiger partial charge in [-0.15, -0.1) is 0 Å². The summed E-state index contributed by atoms with van der Waals surface area (Å²) in [5, 5.41) is 9.00. The molecule has 18 heavy (non-hydrogen) atoms. The van der Waals surface area contributed by atoms with Gasteiger partial charge < -0.3 is 20.3 Å². The van der Waals surface area contributed by atoms with E-state index in [1.165, 1.54) is 32.4 Å². The Morgan fingerprint density at radius 3 is 1.94 bits per heavy atom. The predicted octanol–water partition coefficient (Wildman–Crippen LogP) is 0.252. The van der Waals surface area contributed by atoms with E-state index in [0.29, 0.717) is 5.56 Å². The summed E-state index contributed by atoms with van der Waals surface area (Å²) < 4.78 is 9.16. The summed E-state index contributed by atoms with van der Waals surface area (Å²) in [6.07, 6.45) is 0. The monoisotopic (exact) mass is 253 g/mol. The first-order valence-electron chi connectivity index (χ1n) is 5.21. The van der Waals surface area contributed by atoms with Gasteiger partial charge in [0, 0.05) is 0 Å². The minimum atomic E-state index is -0.682. The largest absolute Gasteiger partial charge is 0.465 e. The van der Waals surface area contributed by atoms with Crippen LogP contribution in [0.4, 0.5) is 0 Å². The number of benzene rings is 1. The zero-order valence-corrected chi connectivity index (χ0v) is 10.2. The summed E-state index contributed by atoms with van der Waals surface area (Å²) in [7, 11) is 2.47. The molecule has 1 atom stereocenters. The predicted molar refractivity (Wildman–Crippen MR) is 63.1 cm³/mol. The lowest BCUT2D eigenvalue weighted by Gasteiger charge is -2.12. The number of nitrogens with two attached hydrogens (primary N) is 1. The van der Waals surface area contributed by atoms with Crippen molar-refractivity contribution in [2.24, 2.45) is 5.73 Å². The van der Waals surface area contributed by atoms with Gasteiger partial charge in [0.2, 0.25) is 0 Å². The number of carbonyl (C=O) groups excluding carboxylic acids is 2. The first-order chi connectivity index (χ1) is 8.53. The smallest absolute Gasteiger partial charge is 0.337 e. The van der Waals surface area contributed by atoms with Crippen molar-refractivity contribution < 1.29 is 24.2 Å². The van der Waals surface area contributed by atoms with E-state index in [1.807, 2.05) is 0 Å². The second-order valence-corrected chi connectivity index (χ2v) is 3.62. The molecule has 1 rings (SSSR count). The number of ether oxygens (including phenoxy) is 2. The van der Waals surface area contributed by atoms with Crippen LogP contribution in [0.1, 0.15) is 32.3 Å². The van der Waals surface area contributed by atoms with E-state index in [2.05, 4.69) is 9.47 Å². The van der Waals surface area contributed by atoms with Crippen LogP contribution < -0.4 is 5.73 Å². The standard InChI is InChI=1S/C12H15NO5/c1-17-11(15)8-3-7(10(13)6-14)4-9(5-8)12(16)18-2/h3-5,10,14H,6,13H2,1-2H3/t10-/m1/s1. The third-order valence-electron chi connectivity index (χ3n) is 2.42. The summed E-state index contributed by atoms with van der Waals surface area (Å²) >= 11 is 0. The molecule has 6 heteroatoms. The minimum absolute atomic E-state index is 0.180. The molecule has 0 fully saturated rings. The first kappa shape index (κ1) is 14.1. The molecule has 0 saturated carbocycles. The molecule has 3 N–H and O–H groups in total. The maximum Gasteiger partial charge on any atom is 0.337 e. The van der Waals surface area contributed by atoms with Crippen LogP contribution in [0.25, 0.3) is 0 Å². The zero-order chi connectivity index (χ0) is 13.7. The molecule has 0 radical (unpaired) electrons. The Hall–Kier alpha value is -1.92. The van der Waals surface area contributed by atoms with Crippen LogP contribution in [0, 0.1) is 0 Å². The molecular weight excluding hydrogens is 238 g/mol. The number of esters is 2. The van der Waals surface area contributed by atoms with Crippen LogP contribution in [0.15, 0.2) is 18.2 Å². The summed E-state index contributed by atoms with van der Waals surface area (Å²) in [6, 6.07) is 3.61. The van der Waals surface area contributed by atoms with Crippen LogP contribution >= 0.6 is 0 Å². The van der Waals surface area contributed by atoms with Crippen LogP contribution in [-0.4, -0.2) is 37.9 Å². The molecule has 6 nitrogen and oxygen atoms in total. The molecule has 0 aliphatic carbocycles. The van der Waals surface area contributed by atoms with Gasteiger partial charge in [-0.25, -0.2) is 9.59 Å². The number of aliphatic hydroxyl groups is 1. The van der Waals surface area contributed by atoms with Gasteiger partial charge in [0.05, 0.1) is 38.0 Å². The molecule has 0 unspecified atom stereocenters.